The molecule has 2 aliphatic rings. The number of ether oxygens (including phenoxy) is 2. The number of carbonyl (C=O) groups is 1. The minimum Gasteiger partial charge on any atom is -0.454 e. The molecule has 25 heavy (non-hydrogen) atoms. The van der Waals surface area contributed by atoms with Gasteiger partial charge < -0.3 is 14.8 Å². The molecule has 0 radical (unpaired) electrons. The molecular weight excluding hydrogens is 340 g/mol. The summed E-state index contributed by atoms with van der Waals surface area (Å²) < 4.78 is 12.8. The molecule has 3 heterocycles. The minimum atomic E-state index is -0.0521. The molecule has 1 N–H and O–H groups in total. The first-order valence-corrected chi connectivity index (χ1v) is 8.57. The van der Waals surface area contributed by atoms with E-state index in [0.29, 0.717) is 16.3 Å². The van der Waals surface area contributed by atoms with Gasteiger partial charge in [0.05, 0.1) is 5.52 Å². The van der Waals surface area contributed by atoms with Crippen molar-refractivity contribution in [2.24, 2.45) is 0 Å². The van der Waals surface area contributed by atoms with Gasteiger partial charge in [-0.3, -0.25) is 9.36 Å². The molecule has 0 amide bonds. The third kappa shape index (κ3) is 2.23. The average molecular weight is 355 g/mol. The van der Waals surface area contributed by atoms with E-state index in [1.165, 1.54) is 0 Å². The van der Waals surface area contributed by atoms with Crippen molar-refractivity contribution in [1.82, 2.24) is 9.88 Å². The Morgan fingerprint density at radius 2 is 1.88 bits per heavy atom. The van der Waals surface area contributed by atoms with Gasteiger partial charge in [0.2, 0.25) is 6.79 Å². The molecule has 0 unspecified atom stereocenters. The van der Waals surface area contributed by atoms with E-state index in [1.54, 1.807) is 24.3 Å². The molecule has 0 bridgehead atoms. The standard InChI is InChI=1S/C19H15ClN2O3/c20-12-3-1-11(2-4-12)19(23)22-15-5-6-21-9-14(15)13-7-17-18(8-16(13)22)25-10-24-17/h1-4,7-8,21H,5-6,9-10H2. The Kier molecular flexibility index (Phi) is 3.26. The predicted octanol–water partition coefficient (Wildman–Crippen LogP) is 3.36. The molecule has 1 aromatic heterocycles. The van der Waals surface area contributed by atoms with E-state index >= 15 is 0 Å². The summed E-state index contributed by atoms with van der Waals surface area (Å²) in [6.45, 7) is 1.81. The molecule has 0 fully saturated rings. The molecule has 0 aliphatic carbocycles. The summed E-state index contributed by atoms with van der Waals surface area (Å²) in [5.41, 5.74) is 3.68. The van der Waals surface area contributed by atoms with Gasteiger partial charge in [0.1, 0.15) is 0 Å². The van der Waals surface area contributed by atoms with Gasteiger partial charge in [0, 0.05) is 47.2 Å². The molecule has 2 aliphatic heterocycles. The van der Waals surface area contributed by atoms with Crippen LogP contribution in [0.4, 0.5) is 0 Å². The van der Waals surface area contributed by atoms with Crippen LogP contribution in [0.25, 0.3) is 10.9 Å². The molecule has 0 saturated heterocycles. The summed E-state index contributed by atoms with van der Waals surface area (Å²) in [4.78, 5) is 13.2. The van der Waals surface area contributed by atoms with Gasteiger partial charge in [-0.25, -0.2) is 0 Å². The van der Waals surface area contributed by atoms with Crippen molar-refractivity contribution in [3.8, 4) is 11.5 Å². The first-order valence-electron chi connectivity index (χ1n) is 8.19. The first kappa shape index (κ1) is 14.8. The summed E-state index contributed by atoms with van der Waals surface area (Å²) >= 11 is 5.96. The fraction of sp³-hybridized carbons (Fsp3) is 0.211. The van der Waals surface area contributed by atoms with Crippen LogP contribution in [0.15, 0.2) is 36.4 Å². The minimum absolute atomic E-state index is 0.0521. The highest BCUT2D eigenvalue weighted by atomic mass is 35.5. The van der Waals surface area contributed by atoms with Crippen molar-refractivity contribution in [3.63, 3.8) is 0 Å². The number of carbonyl (C=O) groups excluding carboxylic acids is 1. The highest BCUT2D eigenvalue weighted by Gasteiger charge is 2.27. The smallest absolute Gasteiger partial charge is 0.262 e. The SMILES string of the molecule is O=C(c1ccc(Cl)cc1)n1c2c(c3cc4c(cc31)OCO4)CNCC2. The van der Waals surface area contributed by atoms with Gasteiger partial charge >= 0.3 is 0 Å². The molecule has 2 aromatic carbocycles. The second kappa shape index (κ2) is 5.51. The maximum Gasteiger partial charge on any atom is 0.262 e. The molecule has 0 saturated carbocycles. The number of rotatable bonds is 1. The molecular formula is C19H15ClN2O3. The number of fused-ring (bicyclic) bond motifs is 4. The third-order valence-electron chi connectivity index (χ3n) is 4.81. The maximum atomic E-state index is 13.2. The molecule has 0 spiro atoms. The third-order valence-corrected chi connectivity index (χ3v) is 5.06. The van der Waals surface area contributed by atoms with Crippen molar-refractivity contribution in [2.75, 3.05) is 13.3 Å². The summed E-state index contributed by atoms with van der Waals surface area (Å²) in [5.74, 6) is 1.36. The van der Waals surface area contributed by atoms with E-state index in [9.17, 15) is 4.79 Å². The lowest BCUT2D eigenvalue weighted by molar-refractivity contribution is 0.0961. The summed E-state index contributed by atoms with van der Waals surface area (Å²) in [7, 11) is 0. The van der Waals surface area contributed by atoms with Crippen LogP contribution in [0.1, 0.15) is 21.6 Å². The Morgan fingerprint density at radius 3 is 2.68 bits per heavy atom. The zero-order valence-electron chi connectivity index (χ0n) is 13.3. The summed E-state index contributed by atoms with van der Waals surface area (Å²) in [6, 6.07) is 10.9. The Morgan fingerprint density at radius 1 is 1.12 bits per heavy atom. The quantitative estimate of drug-likeness (QED) is 0.728. The first-order chi connectivity index (χ1) is 12.2. The van der Waals surface area contributed by atoms with Crippen molar-refractivity contribution >= 4 is 28.4 Å². The van der Waals surface area contributed by atoms with Crippen LogP contribution >= 0.6 is 11.6 Å². The number of nitrogens with one attached hydrogen (secondary N) is 1. The second-order valence-electron chi connectivity index (χ2n) is 6.22. The number of hydrogen-bond donors (Lipinski definition) is 1. The van der Waals surface area contributed by atoms with E-state index in [4.69, 9.17) is 21.1 Å². The number of benzene rings is 2. The van der Waals surface area contributed by atoms with E-state index in [2.05, 4.69) is 5.32 Å². The van der Waals surface area contributed by atoms with Crippen molar-refractivity contribution < 1.29 is 14.3 Å². The lowest BCUT2D eigenvalue weighted by Gasteiger charge is -2.16. The number of aromatic nitrogens is 1. The highest BCUT2D eigenvalue weighted by Crippen LogP contribution is 2.40. The Hall–Kier alpha value is -2.50. The van der Waals surface area contributed by atoms with E-state index in [0.717, 1.165) is 47.4 Å². The van der Waals surface area contributed by atoms with Crippen molar-refractivity contribution in [3.05, 3.63) is 58.2 Å². The van der Waals surface area contributed by atoms with Crippen LogP contribution < -0.4 is 14.8 Å². The average Bonchev–Trinajstić information content (AvgIpc) is 3.21. The topological polar surface area (TPSA) is 52.5 Å². The molecule has 6 heteroatoms. The van der Waals surface area contributed by atoms with Crippen LogP contribution in [-0.2, 0) is 13.0 Å². The normalized spacial score (nSPS) is 15.4. The van der Waals surface area contributed by atoms with Gasteiger partial charge in [-0.2, -0.15) is 0 Å². The number of hydrogen-bond acceptors (Lipinski definition) is 4. The summed E-state index contributed by atoms with van der Waals surface area (Å²) in [5, 5.41) is 5.04. The Bertz CT molecular complexity index is 1010. The van der Waals surface area contributed by atoms with Gasteiger partial charge in [0.15, 0.2) is 11.5 Å². The monoisotopic (exact) mass is 354 g/mol. The van der Waals surface area contributed by atoms with E-state index in [1.807, 2.05) is 16.7 Å². The van der Waals surface area contributed by atoms with Gasteiger partial charge in [-0.15, -0.1) is 0 Å². The fourth-order valence-electron chi connectivity index (χ4n) is 3.63. The zero-order valence-corrected chi connectivity index (χ0v) is 14.1. The lowest BCUT2D eigenvalue weighted by Crippen LogP contribution is -2.26. The van der Waals surface area contributed by atoms with Crippen LogP contribution in [0.2, 0.25) is 5.02 Å². The van der Waals surface area contributed by atoms with Crippen LogP contribution in [0, 0.1) is 0 Å². The fourth-order valence-corrected chi connectivity index (χ4v) is 3.75. The van der Waals surface area contributed by atoms with Gasteiger partial charge in [-0.05, 0) is 35.9 Å². The Labute approximate surface area is 149 Å². The van der Waals surface area contributed by atoms with Crippen LogP contribution in [0.5, 0.6) is 11.5 Å². The zero-order chi connectivity index (χ0) is 17.0. The molecule has 3 aromatic rings. The second-order valence-corrected chi connectivity index (χ2v) is 6.66. The largest absolute Gasteiger partial charge is 0.454 e. The summed E-state index contributed by atoms with van der Waals surface area (Å²) in [6.07, 6.45) is 0.801. The predicted molar refractivity (Wildman–Crippen MR) is 94.7 cm³/mol. The molecule has 126 valence electrons. The lowest BCUT2D eigenvalue weighted by atomic mass is 10.1. The molecule has 0 atom stereocenters. The van der Waals surface area contributed by atoms with Crippen molar-refractivity contribution in [2.45, 2.75) is 13.0 Å². The van der Waals surface area contributed by atoms with Gasteiger partial charge in [-0.1, -0.05) is 11.6 Å². The van der Waals surface area contributed by atoms with Crippen LogP contribution in [-0.4, -0.2) is 23.8 Å². The number of halogens is 1. The maximum absolute atomic E-state index is 13.2. The highest BCUT2D eigenvalue weighted by molar-refractivity contribution is 6.30. The van der Waals surface area contributed by atoms with E-state index < -0.39 is 0 Å². The number of nitrogens with zero attached hydrogens (tertiary/aromatic N) is 1. The molecule has 5 rings (SSSR count). The van der Waals surface area contributed by atoms with Crippen molar-refractivity contribution in [1.29, 1.82) is 0 Å². The molecule has 5 nitrogen and oxygen atoms in total. The van der Waals surface area contributed by atoms with E-state index in [-0.39, 0.29) is 12.7 Å². The Balaban J connectivity index is 1.76. The van der Waals surface area contributed by atoms with Crippen LogP contribution in [0.3, 0.4) is 0 Å². The van der Waals surface area contributed by atoms with Gasteiger partial charge in [0.25, 0.3) is 5.91 Å².